The summed E-state index contributed by atoms with van der Waals surface area (Å²) in [5, 5.41) is 0. The lowest BCUT2D eigenvalue weighted by Crippen LogP contribution is -2.49. The maximum atomic E-state index is 11.4. The molecule has 3 fully saturated rings. The lowest BCUT2D eigenvalue weighted by atomic mass is 9.48. The highest BCUT2D eigenvalue weighted by molar-refractivity contribution is 5.66. The number of allylic oxidation sites excluding steroid dienone is 1. The number of carbonyl (C=O) groups is 1. The Morgan fingerprint density at radius 3 is 2.68 bits per heavy atom. The van der Waals surface area contributed by atoms with Crippen LogP contribution in [0.5, 0.6) is 0 Å². The van der Waals surface area contributed by atoms with Crippen LogP contribution in [0.4, 0.5) is 0 Å². The molecule has 7 atom stereocenters. The number of carbonyl (C=O) groups excluding carboxylic acids is 1. The highest BCUT2D eigenvalue weighted by Gasteiger charge is 2.58. The maximum Gasteiger partial charge on any atom is 0.302 e. The van der Waals surface area contributed by atoms with Crippen LogP contribution < -0.4 is 0 Å². The van der Waals surface area contributed by atoms with Crippen molar-refractivity contribution in [3.8, 4) is 0 Å². The van der Waals surface area contributed by atoms with E-state index < -0.39 is 0 Å². The van der Waals surface area contributed by atoms with Gasteiger partial charge in [0.2, 0.25) is 0 Å². The summed E-state index contributed by atoms with van der Waals surface area (Å²) in [4.78, 5) is 11.4. The molecule has 7 unspecified atom stereocenters. The summed E-state index contributed by atoms with van der Waals surface area (Å²) in [6, 6.07) is 0. The van der Waals surface area contributed by atoms with E-state index in [0.717, 1.165) is 31.1 Å². The van der Waals surface area contributed by atoms with E-state index in [-0.39, 0.29) is 12.1 Å². The summed E-state index contributed by atoms with van der Waals surface area (Å²) in [7, 11) is 1.86. The van der Waals surface area contributed by atoms with E-state index >= 15 is 0 Å². The molecule has 0 saturated heterocycles. The van der Waals surface area contributed by atoms with Gasteiger partial charge in [-0.15, -0.1) is 0 Å². The molecule has 0 spiro atoms. The van der Waals surface area contributed by atoms with Crippen molar-refractivity contribution in [1.82, 2.24) is 0 Å². The number of fused-ring (bicyclic) bond motifs is 5. The molecule has 140 valence electrons. The van der Waals surface area contributed by atoms with Gasteiger partial charge in [0.05, 0.1) is 6.10 Å². The second-order valence-electron chi connectivity index (χ2n) is 9.72. The second-order valence-corrected chi connectivity index (χ2v) is 9.72. The van der Waals surface area contributed by atoms with E-state index in [9.17, 15) is 4.79 Å². The molecule has 0 aromatic rings. The first kappa shape index (κ1) is 17.6. The van der Waals surface area contributed by atoms with Crippen molar-refractivity contribution in [1.29, 1.82) is 0 Å². The highest BCUT2D eigenvalue weighted by atomic mass is 16.5. The van der Waals surface area contributed by atoms with Gasteiger partial charge >= 0.3 is 5.97 Å². The molecule has 4 aliphatic carbocycles. The zero-order valence-corrected chi connectivity index (χ0v) is 16.3. The Morgan fingerprint density at radius 2 is 1.96 bits per heavy atom. The lowest BCUT2D eigenvalue weighted by Gasteiger charge is -2.57. The summed E-state index contributed by atoms with van der Waals surface area (Å²) in [6.45, 7) is 6.54. The van der Waals surface area contributed by atoms with Crippen LogP contribution in [-0.2, 0) is 14.3 Å². The third-order valence-corrected chi connectivity index (χ3v) is 8.45. The fraction of sp³-hybridized carbons (Fsp3) is 0.864. The Labute approximate surface area is 152 Å². The van der Waals surface area contributed by atoms with Crippen LogP contribution in [0, 0.1) is 28.6 Å². The Kier molecular flexibility index (Phi) is 4.30. The number of rotatable bonds is 2. The molecule has 0 amide bonds. The topological polar surface area (TPSA) is 35.5 Å². The molecule has 3 nitrogen and oxygen atoms in total. The van der Waals surface area contributed by atoms with Gasteiger partial charge < -0.3 is 9.47 Å². The Hall–Kier alpha value is -0.830. The van der Waals surface area contributed by atoms with E-state index in [4.69, 9.17) is 9.47 Å². The molecule has 25 heavy (non-hydrogen) atoms. The quantitative estimate of drug-likeness (QED) is 0.527. The van der Waals surface area contributed by atoms with Gasteiger partial charge in [-0.3, -0.25) is 4.79 Å². The molecular weight excluding hydrogens is 312 g/mol. The van der Waals surface area contributed by atoms with Gasteiger partial charge in [-0.05, 0) is 80.0 Å². The summed E-state index contributed by atoms with van der Waals surface area (Å²) in [5.41, 5.74) is 2.41. The van der Waals surface area contributed by atoms with Crippen molar-refractivity contribution in [2.24, 2.45) is 28.6 Å². The van der Waals surface area contributed by atoms with Crippen LogP contribution in [-0.4, -0.2) is 25.3 Å². The van der Waals surface area contributed by atoms with E-state index in [1.807, 2.05) is 7.11 Å². The van der Waals surface area contributed by atoms with Gasteiger partial charge in [-0.25, -0.2) is 0 Å². The molecule has 0 aliphatic heterocycles. The molecule has 0 radical (unpaired) electrons. The van der Waals surface area contributed by atoms with Crippen LogP contribution >= 0.6 is 0 Å². The number of ether oxygens (including phenoxy) is 2. The minimum absolute atomic E-state index is 0.112. The molecule has 0 aromatic heterocycles. The fourth-order valence-corrected chi connectivity index (χ4v) is 7.15. The number of hydrogen-bond acceptors (Lipinski definition) is 3. The zero-order chi connectivity index (χ0) is 17.8. The summed E-state index contributed by atoms with van der Waals surface area (Å²) in [6.07, 6.45) is 12.8. The van der Waals surface area contributed by atoms with Crippen molar-refractivity contribution in [3.63, 3.8) is 0 Å². The second kappa shape index (κ2) is 6.11. The van der Waals surface area contributed by atoms with Crippen LogP contribution in [0.2, 0.25) is 0 Å². The van der Waals surface area contributed by atoms with Gasteiger partial charge in [-0.1, -0.05) is 25.5 Å². The van der Waals surface area contributed by atoms with Crippen molar-refractivity contribution < 1.29 is 14.3 Å². The van der Waals surface area contributed by atoms with E-state index in [0.29, 0.717) is 22.9 Å². The van der Waals surface area contributed by atoms with Crippen molar-refractivity contribution in [3.05, 3.63) is 11.6 Å². The van der Waals surface area contributed by atoms with Gasteiger partial charge in [-0.2, -0.15) is 0 Å². The lowest BCUT2D eigenvalue weighted by molar-refractivity contribution is -0.146. The van der Waals surface area contributed by atoms with Crippen LogP contribution in [0.3, 0.4) is 0 Å². The Bertz CT molecular complexity index is 582. The van der Waals surface area contributed by atoms with Gasteiger partial charge in [0.15, 0.2) is 0 Å². The fourth-order valence-electron chi connectivity index (χ4n) is 7.15. The number of hydrogen-bond donors (Lipinski definition) is 0. The Balaban J connectivity index is 1.58. The summed E-state index contributed by atoms with van der Waals surface area (Å²) < 4.78 is 11.3. The predicted molar refractivity (Wildman–Crippen MR) is 98.1 cm³/mol. The van der Waals surface area contributed by atoms with Gasteiger partial charge in [0.1, 0.15) is 6.10 Å². The van der Waals surface area contributed by atoms with E-state index in [1.54, 1.807) is 12.5 Å². The molecule has 3 heteroatoms. The molecule has 4 aliphatic rings. The normalized spacial score (nSPS) is 48.8. The average Bonchev–Trinajstić information content (AvgIpc) is 2.89. The van der Waals surface area contributed by atoms with Gasteiger partial charge in [0, 0.05) is 14.0 Å². The monoisotopic (exact) mass is 346 g/mol. The molecule has 0 heterocycles. The third-order valence-electron chi connectivity index (χ3n) is 8.45. The molecular formula is C22H34O3. The first-order chi connectivity index (χ1) is 11.9. The molecule has 0 aromatic carbocycles. The summed E-state index contributed by atoms with van der Waals surface area (Å²) in [5.74, 6) is 2.18. The van der Waals surface area contributed by atoms with Crippen LogP contribution in [0.25, 0.3) is 0 Å². The van der Waals surface area contributed by atoms with Crippen molar-refractivity contribution >= 4 is 5.97 Å². The SMILES string of the molecule is COC1CCC2(C)C(=CCC3C4CC(OC(C)=O)CC4(C)CCC32)C1. The first-order valence-corrected chi connectivity index (χ1v) is 10.3. The Morgan fingerprint density at radius 1 is 1.16 bits per heavy atom. The van der Waals surface area contributed by atoms with Crippen molar-refractivity contribution in [2.45, 2.75) is 84.3 Å². The largest absolute Gasteiger partial charge is 0.463 e. The minimum atomic E-state index is -0.112. The minimum Gasteiger partial charge on any atom is -0.463 e. The van der Waals surface area contributed by atoms with Gasteiger partial charge in [0.25, 0.3) is 0 Å². The highest BCUT2D eigenvalue weighted by Crippen LogP contribution is 2.65. The molecule has 0 N–H and O–H groups in total. The predicted octanol–water partition coefficient (Wildman–Crippen LogP) is 4.90. The maximum absolute atomic E-state index is 11.4. The van der Waals surface area contributed by atoms with E-state index in [2.05, 4.69) is 19.9 Å². The van der Waals surface area contributed by atoms with Crippen LogP contribution in [0.1, 0.15) is 72.1 Å². The molecule has 4 rings (SSSR count). The average molecular weight is 347 g/mol. The van der Waals surface area contributed by atoms with Crippen LogP contribution in [0.15, 0.2) is 11.6 Å². The standard InChI is InChI=1S/C22H34O3/c1-14(23)25-17-12-20-18-6-5-15-11-16(24-4)7-10-22(15,3)19(18)8-9-21(20,2)13-17/h5,16-20H,6-13H2,1-4H3. The van der Waals surface area contributed by atoms with Crippen molar-refractivity contribution in [2.75, 3.05) is 7.11 Å². The zero-order valence-electron chi connectivity index (χ0n) is 16.3. The number of esters is 1. The summed E-state index contributed by atoms with van der Waals surface area (Å²) >= 11 is 0. The third kappa shape index (κ3) is 2.78. The van der Waals surface area contributed by atoms with E-state index in [1.165, 1.54) is 32.1 Å². The first-order valence-electron chi connectivity index (χ1n) is 10.3. The number of methoxy groups -OCH3 is 1. The smallest absolute Gasteiger partial charge is 0.302 e. The molecule has 0 bridgehead atoms. The molecule has 3 saturated carbocycles.